The van der Waals surface area contributed by atoms with Crippen molar-refractivity contribution in [2.45, 2.75) is 50.9 Å². The monoisotopic (exact) mass is 309 g/mol. The molecule has 0 aliphatic heterocycles. The normalized spacial score (nSPS) is 36.8. The van der Waals surface area contributed by atoms with Crippen molar-refractivity contribution in [2.75, 3.05) is 0 Å². The van der Waals surface area contributed by atoms with Crippen molar-refractivity contribution in [3.63, 3.8) is 0 Å². The van der Waals surface area contributed by atoms with E-state index in [9.17, 15) is 13.2 Å². The zero-order valence-corrected chi connectivity index (χ0v) is 12.6. The predicted octanol–water partition coefficient (Wildman–Crippen LogP) is 4.62. The largest absolute Gasteiger partial charge is 0.416 e. The smallest absolute Gasteiger partial charge is 0.310 e. The van der Waals surface area contributed by atoms with Gasteiger partial charge in [0.05, 0.1) is 5.56 Å². The van der Waals surface area contributed by atoms with Crippen LogP contribution >= 0.6 is 0 Å². The van der Waals surface area contributed by atoms with Crippen LogP contribution in [0.4, 0.5) is 13.2 Å². The zero-order valence-electron chi connectivity index (χ0n) is 12.6. The fourth-order valence-electron chi connectivity index (χ4n) is 5.49. The Hall–Kier alpha value is -1.03. The summed E-state index contributed by atoms with van der Waals surface area (Å²) in [6.45, 7) is 0.334. The van der Waals surface area contributed by atoms with Gasteiger partial charge in [-0.1, -0.05) is 24.6 Å². The van der Waals surface area contributed by atoms with Crippen LogP contribution in [0.15, 0.2) is 24.3 Å². The van der Waals surface area contributed by atoms with Gasteiger partial charge in [-0.3, -0.25) is 0 Å². The third kappa shape index (κ3) is 2.36. The van der Waals surface area contributed by atoms with Gasteiger partial charge in [0.2, 0.25) is 0 Å². The van der Waals surface area contributed by atoms with Crippen molar-refractivity contribution in [1.82, 2.24) is 5.32 Å². The van der Waals surface area contributed by atoms with Crippen LogP contribution in [0.5, 0.6) is 0 Å². The van der Waals surface area contributed by atoms with Crippen LogP contribution in [0.1, 0.15) is 43.2 Å². The molecule has 3 fully saturated rings. The maximum Gasteiger partial charge on any atom is 0.416 e. The summed E-state index contributed by atoms with van der Waals surface area (Å²) >= 11 is 0. The first-order valence-electron chi connectivity index (χ1n) is 8.42. The molecule has 22 heavy (non-hydrogen) atoms. The van der Waals surface area contributed by atoms with Crippen molar-refractivity contribution in [3.05, 3.63) is 35.4 Å². The number of rotatable bonds is 3. The molecule has 3 aliphatic carbocycles. The highest BCUT2D eigenvalue weighted by molar-refractivity contribution is 5.29. The Bertz CT molecular complexity index is 554. The van der Waals surface area contributed by atoms with Crippen LogP contribution in [0, 0.1) is 23.7 Å². The summed E-state index contributed by atoms with van der Waals surface area (Å²) in [4.78, 5) is 0. The number of halogens is 3. The molecule has 0 spiro atoms. The molecule has 0 heterocycles. The molecule has 0 aromatic heterocycles. The van der Waals surface area contributed by atoms with E-state index in [2.05, 4.69) is 5.32 Å². The van der Waals surface area contributed by atoms with E-state index in [1.807, 2.05) is 0 Å². The van der Waals surface area contributed by atoms with Gasteiger partial charge >= 0.3 is 6.18 Å². The third-order valence-electron chi connectivity index (χ3n) is 6.31. The average Bonchev–Trinajstić information content (AvgIpc) is 3.16. The van der Waals surface area contributed by atoms with E-state index in [-0.39, 0.29) is 0 Å². The quantitative estimate of drug-likeness (QED) is 0.859. The Morgan fingerprint density at radius 2 is 1.77 bits per heavy atom. The Balaban J connectivity index is 1.44. The lowest BCUT2D eigenvalue weighted by Gasteiger charge is -2.32. The Morgan fingerprint density at radius 1 is 1.00 bits per heavy atom. The van der Waals surface area contributed by atoms with Crippen LogP contribution in [-0.4, -0.2) is 6.04 Å². The molecule has 1 N–H and O–H groups in total. The second-order valence-corrected chi connectivity index (χ2v) is 7.30. The molecular weight excluding hydrogens is 287 g/mol. The minimum atomic E-state index is -4.26. The minimum Gasteiger partial charge on any atom is -0.310 e. The summed E-state index contributed by atoms with van der Waals surface area (Å²) in [5.41, 5.74) is -0.120. The van der Waals surface area contributed by atoms with Gasteiger partial charge in [-0.15, -0.1) is 0 Å². The second kappa shape index (κ2) is 5.26. The third-order valence-corrected chi connectivity index (χ3v) is 6.31. The molecule has 1 aromatic carbocycles. The topological polar surface area (TPSA) is 12.0 Å². The molecule has 5 unspecified atom stereocenters. The van der Waals surface area contributed by atoms with Crippen molar-refractivity contribution in [3.8, 4) is 0 Å². The molecule has 1 aromatic rings. The lowest BCUT2D eigenvalue weighted by atomic mass is 9.79. The number of benzene rings is 1. The van der Waals surface area contributed by atoms with E-state index in [1.165, 1.54) is 44.2 Å². The van der Waals surface area contributed by atoms with Crippen LogP contribution in [-0.2, 0) is 12.7 Å². The van der Waals surface area contributed by atoms with Crippen LogP contribution in [0.2, 0.25) is 0 Å². The van der Waals surface area contributed by atoms with Crippen LogP contribution in [0.25, 0.3) is 0 Å². The second-order valence-electron chi connectivity index (χ2n) is 7.30. The number of nitrogens with one attached hydrogen (secondary N) is 1. The Morgan fingerprint density at radius 3 is 2.59 bits per heavy atom. The predicted molar refractivity (Wildman–Crippen MR) is 79.1 cm³/mol. The highest BCUT2D eigenvalue weighted by atomic mass is 19.4. The standard InChI is InChI=1S/C18H22F3N/c19-18(20,21)16-7-2-1-4-11(16)10-22-17-9-12-8-15(17)14-6-3-5-13(12)14/h1-2,4,7,12-15,17,22H,3,5-6,8-10H2. The zero-order chi connectivity index (χ0) is 15.3. The van der Waals surface area contributed by atoms with Crippen molar-refractivity contribution < 1.29 is 13.2 Å². The minimum absolute atomic E-state index is 0.334. The molecule has 0 amide bonds. The number of hydrogen-bond acceptors (Lipinski definition) is 1. The van der Waals surface area contributed by atoms with Gasteiger partial charge in [-0.05, 0) is 61.0 Å². The van der Waals surface area contributed by atoms with Gasteiger partial charge in [0.25, 0.3) is 0 Å². The molecule has 1 nitrogen and oxygen atoms in total. The lowest BCUT2D eigenvalue weighted by Crippen LogP contribution is -2.39. The highest BCUT2D eigenvalue weighted by Gasteiger charge is 2.53. The Labute approximate surface area is 129 Å². The van der Waals surface area contributed by atoms with Gasteiger partial charge in [0.15, 0.2) is 0 Å². The Kier molecular flexibility index (Phi) is 3.48. The van der Waals surface area contributed by atoms with Gasteiger partial charge in [0, 0.05) is 12.6 Å². The van der Waals surface area contributed by atoms with Crippen molar-refractivity contribution in [2.24, 2.45) is 23.7 Å². The maximum atomic E-state index is 13.0. The van der Waals surface area contributed by atoms with Crippen LogP contribution in [0.3, 0.4) is 0 Å². The van der Waals surface area contributed by atoms with Crippen molar-refractivity contribution in [1.29, 1.82) is 0 Å². The number of hydrogen-bond donors (Lipinski definition) is 1. The van der Waals surface area contributed by atoms with Crippen LogP contribution < -0.4 is 5.32 Å². The summed E-state index contributed by atoms with van der Waals surface area (Å²) < 4.78 is 39.1. The first-order chi connectivity index (χ1) is 10.5. The van der Waals surface area contributed by atoms with E-state index in [0.717, 1.165) is 17.8 Å². The molecule has 4 heteroatoms. The molecular formula is C18H22F3N. The summed E-state index contributed by atoms with van der Waals surface area (Å²) in [7, 11) is 0. The van der Waals surface area contributed by atoms with E-state index >= 15 is 0 Å². The molecule has 3 saturated carbocycles. The molecule has 2 bridgehead atoms. The summed E-state index contributed by atoms with van der Waals surface area (Å²) in [6, 6.07) is 6.37. The van der Waals surface area contributed by atoms with E-state index < -0.39 is 11.7 Å². The summed E-state index contributed by atoms with van der Waals surface area (Å²) in [5.74, 6) is 3.29. The molecule has 4 rings (SSSR count). The van der Waals surface area contributed by atoms with Gasteiger partial charge in [-0.2, -0.15) is 13.2 Å². The maximum absolute atomic E-state index is 13.0. The van der Waals surface area contributed by atoms with Gasteiger partial charge < -0.3 is 5.32 Å². The fraction of sp³-hybridized carbons (Fsp3) is 0.667. The van der Waals surface area contributed by atoms with E-state index in [0.29, 0.717) is 24.1 Å². The first kappa shape index (κ1) is 14.6. The molecule has 0 saturated heterocycles. The highest BCUT2D eigenvalue weighted by Crippen LogP contribution is 2.58. The van der Waals surface area contributed by atoms with Gasteiger partial charge in [0.1, 0.15) is 0 Å². The molecule has 120 valence electrons. The van der Waals surface area contributed by atoms with E-state index in [4.69, 9.17) is 0 Å². The first-order valence-corrected chi connectivity index (χ1v) is 8.42. The molecule has 5 atom stereocenters. The molecule has 3 aliphatic rings. The number of alkyl halides is 3. The van der Waals surface area contributed by atoms with Crippen molar-refractivity contribution >= 4 is 0 Å². The number of fused-ring (bicyclic) bond motifs is 5. The lowest BCUT2D eigenvalue weighted by molar-refractivity contribution is -0.138. The average molecular weight is 309 g/mol. The summed E-state index contributed by atoms with van der Waals surface area (Å²) in [5, 5.41) is 3.45. The van der Waals surface area contributed by atoms with Gasteiger partial charge in [-0.25, -0.2) is 0 Å². The fourth-order valence-corrected chi connectivity index (χ4v) is 5.49. The summed E-state index contributed by atoms with van der Waals surface area (Å²) in [6.07, 6.45) is 2.28. The molecule has 0 radical (unpaired) electrons. The SMILES string of the molecule is FC(F)(F)c1ccccc1CNC1CC2CC1C1CCCC21. The van der Waals surface area contributed by atoms with E-state index in [1.54, 1.807) is 12.1 Å².